The van der Waals surface area contributed by atoms with Crippen LogP contribution in [-0.2, 0) is 25.5 Å². The molecular weight excluding hydrogens is 462 g/mol. The van der Waals surface area contributed by atoms with Crippen molar-refractivity contribution in [2.75, 3.05) is 12.0 Å². The van der Waals surface area contributed by atoms with Crippen LogP contribution in [0.15, 0.2) is 103 Å². The average molecular weight is 488 g/mol. The van der Waals surface area contributed by atoms with Crippen molar-refractivity contribution >= 4 is 17.5 Å². The van der Waals surface area contributed by atoms with Crippen LogP contribution in [0.25, 0.3) is 0 Å². The average Bonchev–Trinajstić information content (AvgIpc) is 3.54. The van der Waals surface area contributed by atoms with E-state index in [-0.39, 0.29) is 11.8 Å². The van der Waals surface area contributed by atoms with E-state index >= 15 is 0 Å². The van der Waals surface area contributed by atoms with Gasteiger partial charge in [0.05, 0.1) is 24.6 Å². The largest absolute Gasteiger partial charge is 0.497 e. The van der Waals surface area contributed by atoms with Crippen molar-refractivity contribution in [3.8, 4) is 5.75 Å². The number of benzene rings is 4. The second-order valence-electron chi connectivity index (χ2n) is 9.97. The van der Waals surface area contributed by atoms with Gasteiger partial charge in [-0.2, -0.15) is 0 Å². The minimum Gasteiger partial charge on any atom is -0.497 e. The van der Waals surface area contributed by atoms with Gasteiger partial charge < -0.3 is 9.47 Å². The van der Waals surface area contributed by atoms with E-state index in [1.807, 2.05) is 104 Å². The molecule has 0 N–H and O–H groups in total. The Bertz CT molecular complexity index is 1480. The molecule has 2 amide bonds. The fourth-order valence-electron chi connectivity index (χ4n) is 6.80. The van der Waals surface area contributed by atoms with Crippen molar-refractivity contribution in [2.24, 2.45) is 11.8 Å². The Kier molecular flexibility index (Phi) is 4.55. The van der Waals surface area contributed by atoms with Gasteiger partial charge in [-0.1, -0.05) is 91.0 Å². The second kappa shape index (κ2) is 7.64. The number of fused-ring (bicyclic) bond motifs is 8. The van der Waals surface area contributed by atoms with E-state index in [0.29, 0.717) is 11.4 Å². The van der Waals surface area contributed by atoms with E-state index < -0.39 is 23.0 Å². The van der Waals surface area contributed by atoms with Crippen LogP contribution < -0.4 is 9.64 Å². The topological polar surface area (TPSA) is 55.8 Å². The lowest BCUT2D eigenvalue weighted by Crippen LogP contribution is -2.42. The molecule has 0 unspecified atom stereocenters. The lowest BCUT2D eigenvalue weighted by atomic mass is 9.61. The molecule has 4 aromatic rings. The smallest absolute Gasteiger partial charge is 0.241 e. The summed E-state index contributed by atoms with van der Waals surface area (Å²) in [6.45, 7) is 1.91. The predicted octanol–water partition coefficient (Wildman–Crippen LogP) is 5.34. The molecule has 2 fully saturated rings. The van der Waals surface area contributed by atoms with E-state index in [1.54, 1.807) is 13.2 Å². The van der Waals surface area contributed by atoms with Gasteiger partial charge in [0.2, 0.25) is 11.8 Å². The molecule has 2 saturated heterocycles. The molecule has 0 spiro atoms. The summed E-state index contributed by atoms with van der Waals surface area (Å²) in [5.74, 6) is -1.34. The van der Waals surface area contributed by atoms with Gasteiger partial charge in [0.15, 0.2) is 0 Å². The Morgan fingerprint density at radius 1 is 0.703 bits per heavy atom. The first-order valence-corrected chi connectivity index (χ1v) is 12.5. The highest BCUT2D eigenvalue weighted by molar-refractivity contribution is 6.24. The van der Waals surface area contributed by atoms with Crippen molar-refractivity contribution in [3.05, 3.63) is 131 Å². The summed E-state index contributed by atoms with van der Waals surface area (Å²) in [6.07, 6.45) is 0. The first-order valence-electron chi connectivity index (χ1n) is 12.5. The molecule has 3 aliphatic rings. The summed E-state index contributed by atoms with van der Waals surface area (Å²) >= 11 is 0. The fraction of sp³-hybridized carbons (Fsp3) is 0.188. The Morgan fingerprint density at radius 2 is 1.19 bits per heavy atom. The maximum absolute atomic E-state index is 14.5. The maximum atomic E-state index is 14.5. The third kappa shape index (κ3) is 2.62. The third-order valence-electron chi connectivity index (χ3n) is 8.29. The van der Waals surface area contributed by atoms with Gasteiger partial charge in [-0.15, -0.1) is 0 Å². The minimum absolute atomic E-state index is 0.248. The number of carbonyl (C=O) groups is 2. The van der Waals surface area contributed by atoms with Crippen molar-refractivity contribution in [1.29, 1.82) is 0 Å². The summed E-state index contributed by atoms with van der Waals surface area (Å²) in [5, 5.41) is 0. The van der Waals surface area contributed by atoms with Gasteiger partial charge in [0.25, 0.3) is 0 Å². The number of hydrogen-bond donors (Lipinski definition) is 0. The predicted molar refractivity (Wildman–Crippen MR) is 139 cm³/mol. The lowest BCUT2D eigenvalue weighted by molar-refractivity contribution is -0.131. The van der Waals surface area contributed by atoms with E-state index in [2.05, 4.69) is 0 Å². The minimum atomic E-state index is -1.09. The SMILES string of the molecule is COc1ccc(C)c(N2C(=O)[C@@H]3[C@H](C2=O)[C@@]2(c4ccccc4)O[C@]3(c3ccccc3)c3ccccc32)c1. The maximum Gasteiger partial charge on any atom is 0.241 e. The summed E-state index contributed by atoms with van der Waals surface area (Å²) in [5.41, 5.74) is 2.83. The van der Waals surface area contributed by atoms with Gasteiger partial charge in [-0.05, 0) is 40.8 Å². The van der Waals surface area contributed by atoms with E-state index in [9.17, 15) is 9.59 Å². The first-order chi connectivity index (χ1) is 18.0. The zero-order valence-corrected chi connectivity index (χ0v) is 20.5. The molecule has 4 aromatic carbocycles. The number of aryl methyl sites for hydroxylation is 1. The standard InChI is InChI=1S/C32H25NO4/c1-20-17-18-23(36-2)19-26(20)33-29(34)27-28(30(33)35)32(22-13-7-4-8-14-22)25-16-10-9-15-24(25)31(27,37-32)21-11-5-3-6-12-21/h3-19,27-28H,1-2H3/t27-,28+,31+,32-. The summed E-state index contributed by atoms with van der Waals surface area (Å²) in [4.78, 5) is 30.3. The van der Waals surface area contributed by atoms with Crippen LogP contribution in [0.2, 0.25) is 0 Å². The molecule has 3 aliphatic heterocycles. The van der Waals surface area contributed by atoms with Crippen LogP contribution in [0.1, 0.15) is 27.8 Å². The van der Waals surface area contributed by atoms with Gasteiger partial charge >= 0.3 is 0 Å². The number of ether oxygens (including phenoxy) is 2. The monoisotopic (exact) mass is 487 g/mol. The van der Waals surface area contributed by atoms with Crippen LogP contribution in [-0.4, -0.2) is 18.9 Å². The summed E-state index contributed by atoms with van der Waals surface area (Å²) in [7, 11) is 1.58. The molecule has 5 heteroatoms. The number of nitrogens with zero attached hydrogens (tertiary/aromatic N) is 1. The molecule has 5 nitrogen and oxygen atoms in total. The highest BCUT2D eigenvalue weighted by Gasteiger charge is 2.78. The molecule has 3 heterocycles. The number of anilines is 1. The van der Waals surface area contributed by atoms with Gasteiger partial charge in [0.1, 0.15) is 17.0 Å². The van der Waals surface area contributed by atoms with Crippen molar-refractivity contribution < 1.29 is 19.1 Å². The highest BCUT2D eigenvalue weighted by atomic mass is 16.5. The number of amides is 2. The lowest BCUT2D eigenvalue weighted by Gasteiger charge is -2.34. The summed E-state index contributed by atoms with van der Waals surface area (Å²) in [6, 6.07) is 33.2. The molecular formula is C32H25NO4. The zero-order valence-electron chi connectivity index (χ0n) is 20.5. The normalized spacial score (nSPS) is 27.4. The highest BCUT2D eigenvalue weighted by Crippen LogP contribution is 2.70. The fourth-order valence-corrected chi connectivity index (χ4v) is 6.80. The number of hydrogen-bond acceptors (Lipinski definition) is 4. The van der Waals surface area contributed by atoms with E-state index in [4.69, 9.17) is 9.47 Å². The van der Waals surface area contributed by atoms with Crippen LogP contribution >= 0.6 is 0 Å². The van der Waals surface area contributed by atoms with Crippen LogP contribution in [0.4, 0.5) is 5.69 Å². The molecule has 0 aromatic heterocycles. The molecule has 37 heavy (non-hydrogen) atoms. The molecule has 0 aliphatic carbocycles. The molecule has 182 valence electrons. The Hall–Kier alpha value is -4.22. The number of rotatable bonds is 4. The van der Waals surface area contributed by atoms with Crippen LogP contribution in [0.5, 0.6) is 5.75 Å². The molecule has 4 atom stereocenters. The van der Waals surface area contributed by atoms with Crippen LogP contribution in [0, 0.1) is 18.8 Å². The second-order valence-corrected chi connectivity index (χ2v) is 9.97. The quantitative estimate of drug-likeness (QED) is 0.365. The number of methoxy groups -OCH3 is 1. The Morgan fingerprint density at radius 3 is 1.68 bits per heavy atom. The third-order valence-corrected chi connectivity index (χ3v) is 8.29. The summed E-state index contributed by atoms with van der Waals surface area (Å²) < 4.78 is 12.6. The van der Waals surface area contributed by atoms with Crippen molar-refractivity contribution in [2.45, 2.75) is 18.1 Å². The Balaban J connectivity index is 1.54. The van der Waals surface area contributed by atoms with Crippen molar-refractivity contribution in [3.63, 3.8) is 0 Å². The van der Waals surface area contributed by atoms with Crippen LogP contribution in [0.3, 0.4) is 0 Å². The van der Waals surface area contributed by atoms with Crippen molar-refractivity contribution in [1.82, 2.24) is 0 Å². The number of imide groups is 1. The zero-order chi connectivity index (χ0) is 25.4. The van der Waals surface area contributed by atoms with E-state index in [0.717, 1.165) is 27.8 Å². The Labute approximate surface area is 215 Å². The first kappa shape index (κ1) is 22.0. The number of carbonyl (C=O) groups excluding carboxylic acids is 2. The molecule has 7 rings (SSSR count). The molecule has 2 bridgehead atoms. The molecule has 0 saturated carbocycles. The van der Waals surface area contributed by atoms with Gasteiger partial charge in [-0.3, -0.25) is 9.59 Å². The van der Waals surface area contributed by atoms with Gasteiger partial charge in [-0.25, -0.2) is 4.90 Å². The molecule has 0 radical (unpaired) electrons. The van der Waals surface area contributed by atoms with Gasteiger partial charge in [0, 0.05) is 6.07 Å². The van der Waals surface area contributed by atoms with E-state index in [1.165, 1.54) is 4.90 Å².